The van der Waals surface area contributed by atoms with Gasteiger partial charge in [0.25, 0.3) is 0 Å². The lowest BCUT2D eigenvalue weighted by Crippen LogP contribution is -2.41. The number of hydrogen-bond acceptors (Lipinski definition) is 7. The molecule has 2 aromatic carbocycles. The minimum Gasteiger partial charge on any atom is -0.490 e. The van der Waals surface area contributed by atoms with Crippen molar-refractivity contribution >= 4 is 16.7 Å². The van der Waals surface area contributed by atoms with Crippen molar-refractivity contribution < 1.29 is 32.5 Å². The molecular formula is C27H28F3N3O4. The second-order valence-corrected chi connectivity index (χ2v) is 9.27. The number of terminal acetylenes is 1. The molecular weight excluding hydrogens is 487 g/mol. The summed E-state index contributed by atoms with van der Waals surface area (Å²) in [5.41, 5.74) is -2.30. The van der Waals surface area contributed by atoms with Crippen molar-refractivity contribution in [2.24, 2.45) is 0 Å². The monoisotopic (exact) mass is 515 g/mol. The highest BCUT2D eigenvalue weighted by Crippen LogP contribution is 2.40. The Labute approximate surface area is 213 Å². The number of halogens is 3. The average Bonchev–Trinajstić information content (AvgIpc) is 2.80. The number of anilines is 1. The molecule has 196 valence electrons. The van der Waals surface area contributed by atoms with E-state index in [1.165, 1.54) is 12.1 Å². The summed E-state index contributed by atoms with van der Waals surface area (Å²) in [5.74, 6) is -1.09. The Morgan fingerprint density at radius 3 is 2.62 bits per heavy atom. The molecule has 4 rings (SSSR count). The zero-order valence-electron chi connectivity index (χ0n) is 20.8. The molecule has 0 unspecified atom stereocenters. The molecule has 1 fully saturated rings. The molecule has 3 aromatic rings. The number of rotatable bonds is 10. The fraction of sp³-hybridized carbons (Fsp3) is 0.407. The first-order valence-electron chi connectivity index (χ1n) is 11.7. The first-order valence-corrected chi connectivity index (χ1v) is 11.7. The van der Waals surface area contributed by atoms with Gasteiger partial charge in [-0.1, -0.05) is 18.1 Å². The van der Waals surface area contributed by atoms with Crippen molar-refractivity contribution in [3.05, 3.63) is 58.7 Å². The third-order valence-corrected chi connectivity index (χ3v) is 6.00. The summed E-state index contributed by atoms with van der Waals surface area (Å²) < 4.78 is 60.9. The number of hydrogen-bond donors (Lipinski definition) is 2. The van der Waals surface area contributed by atoms with Crippen LogP contribution in [0.2, 0.25) is 0 Å². The van der Waals surface area contributed by atoms with E-state index in [1.807, 2.05) is 0 Å². The van der Waals surface area contributed by atoms with Crippen LogP contribution in [-0.2, 0) is 21.9 Å². The molecule has 0 bridgehead atoms. The van der Waals surface area contributed by atoms with Crippen LogP contribution >= 0.6 is 0 Å². The molecule has 1 saturated heterocycles. The van der Waals surface area contributed by atoms with Crippen molar-refractivity contribution in [2.45, 2.75) is 44.9 Å². The van der Waals surface area contributed by atoms with Gasteiger partial charge in [-0.2, -0.15) is 8.78 Å². The highest BCUT2D eigenvalue weighted by Gasteiger charge is 2.49. The number of nitrogens with zero attached hydrogens (tertiary/aromatic N) is 2. The first kappa shape index (κ1) is 26.7. The molecule has 0 spiro atoms. The third kappa shape index (κ3) is 5.64. The van der Waals surface area contributed by atoms with E-state index >= 15 is 4.39 Å². The Morgan fingerprint density at radius 1 is 1.22 bits per heavy atom. The predicted octanol–water partition coefficient (Wildman–Crippen LogP) is 4.33. The Morgan fingerprint density at radius 2 is 1.97 bits per heavy atom. The SMILES string of the molecule is C#Cc1cc2nc(C)nc(NCc3cccc(C(F)(F)C(C)(C)O)c3F)c2cc1OCCOC1COC1. The normalized spacial score (nSPS) is 14.3. The van der Waals surface area contributed by atoms with Crippen LogP contribution in [0.3, 0.4) is 0 Å². The maximum absolute atomic E-state index is 15.1. The van der Waals surface area contributed by atoms with E-state index < -0.39 is 22.9 Å². The standard InChI is InChI=1S/C27H28F3N3O4/c1-5-17-11-22-20(12-23(17)37-10-9-36-19-14-35-15-19)25(33-16(2)32-22)31-13-18-7-6-8-21(24(18)28)27(29,30)26(3,4)34/h1,6-8,11-12,19,34H,9-10,13-15H2,2-4H3,(H,31,32,33). The quantitative estimate of drug-likeness (QED) is 0.307. The van der Waals surface area contributed by atoms with E-state index in [2.05, 4.69) is 21.2 Å². The number of nitrogens with one attached hydrogen (secondary N) is 1. The zero-order valence-corrected chi connectivity index (χ0v) is 20.8. The molecule has 2 N–H and O–H groups in total. The first-order chi connectivity index (χ1) is 17.5. The van der Waals surface area contributed by atoms with Gasteiger partial charge in [0.1, 0.15) is 41.5 Å². The maximum Gasteiger partial charge on any atom is 0.303 e. The Balaban J connectivity index is 1.59. The maximum atomic E-state index is 15.1. The van der Waals surface area contributed by atoms with Gasteiger partial charge in [-0.3, -0.25) is 0 Å². The molecule has 0 aliphatic carbocycles. The molecule has 2 heterocycles. The van der Waals surface area contributed by atoms with Crippen LogP contribution in [0.5, 0.6) is 5.75 Å². The summed E-state index contributed by atoms with van der Waals surface area (Å²) in [6.07, 6.45) is 5.75. The van der Waals surface area contributed by atoms with E-state index in [4.69, 9.17) is 20.6 Å². The molecule has 37 heavy (non-hydrogen) atoms. The summed E-state index contributed by atoms with van der Waals surface area (Å²) >= 11 is 0. The Bertz CT molecular complexity index is 1330. The number of benzene rings is 2. The van der Waals surface area contributed by atoms with Gasteiger partial charge in [-0.25, -0.2) is 14.4 Å². The number of aryl methyl sites for hydroxylation is 1. The minimum atomic E-state index is -3.79. The second kappa shape index (κ2) is 10.5. The summed E-state index contributed by atoms with van der Waals surface area (Å²) in [6.45, 7) is 5.17. The molecule has 1 aliphatic rings. The van der Waals surface area contributed by atoms with Crippen molar-refractivity contribution in [3.63, 3.8) is 0 Å². The van der Waals surface area contributed by atoms with E-state index in [-0.39, 0.29) is 24.8 Å². The predicted molar refractivity (Wildman–Crippen MR) is 132 cm³/mol. The van der Waals surface area contributed by atoms with Gasteiger partial charge in [0.2, 0.25) is 0 Å². The lowest BCUT2D eigenvalue weighted by molar-refractivity contribution is -0.170. The molecule has 0 amide bonds. The topological polar surface area (TPSA) is 85.7 Å². The van der Waals surface area contributed by atoms with Gasteiger partial charge < -0.3 is 24.6 Å². The smallest absolute Gasteiger partial charge is 0.303 e. The summed E-state index contributed by atoms with van der Waals surface area (Å²) in [4.78, 5) is 8.84. The molecule has 1 aliphatic heterocycles. The fourth-order valence-electron chi connectivity index (χ4n) is 3.78. The van der Waals surface area contributed by atoms with Gasteiger partial charge in [-0.05, 0) is 39.0 Å². The summed E-state index contributed by atoms with van der Waals surface area (Å²) in [7, 11) is 0. The van der Waals surface area contributed by atoms with Crippen molar-refractivity contribution in [1.82, 2.24) is 9.97 Å². The van der Waals surface area contributed by atoms with Crippen LogP contribution in [0.4, 0.5) is 19.0 Å². The third-order valence-electron chi connectivity index (χ3n) is 6.00. The fourth-order valence-corrected chi connectivity index (χ4v) is 3.78. The molecule has 0 radical (unpaired) electrons. The highest BCUT2D eigenvalue weighted by atomic mass is 19.3. The summed E-state index contributed by atoms with van der Waals surface area (Å²) in [6, 6.07) is 7.06. The molecule has 1 aromatic heterocycles. The Hall–Kier alpha value is -3.39. The number of ether oxygens (including phenoxy) is 3. The van der Waals surface area contributed by atoms with E-state index in [0.717, 1.165) is 19.9 Å². The zero-order chi connectivity index (χ0) is 26.8. The van der Waals surface area contributed by atoms with Gasteiger partial charge in [0.15, 0.2) is 0 Å². The van der Waals surface area contributed by atoms with Crippen LogP contribution in [0.1, 0.15) is 36.4 Å². The van der Waals surface area contributed by atoms with Gasteiger partial charge in [0, 0.05) is 17.5 Å². The van der Waals surface area contributed by atoms with E-state index in [9.17, 15) is 13.9 Å². The van der Waals surface area contributed by atoms with E-state index in [1.54, 1.807) is 19.1 Å². The second-order valence-electron chi connectivity index (χ2n) is 9.27. The van der Waals surface area contributed by atoms with Crippen LogP contribution in [0, 0.1) is 25.1 Å². The largest absolute Gasteiger partial charge is 0.490 e. The molecule has 10 heteroatoms. The van der Waals surface area contributed by atoms with Crippen LogP contribution < -0.4 is 10.1 Å². The molecule has 7 nitrogen and oxygen atoms in total. The highest BCUT2D eigenvalue weighted by molar-refractivity contribution is 5.91. The van der Waals surface area contributed by atoms with Crippen LogP contribution in [0.15, 0.2) is 30.3 Å². The Kier molecular flexibility index (Phi) is 7.59. The lowest BCUT2D eigenvalue weighted by atomic mass is 9.92. The van der Waals surface area contributed by atoms with Gasteiger partial charge in [-0.15, -0.1) is 6.42 Å². The number of aliphatic hydroxyl groups is 1. The van der Waals surface area contributed by atoms with Crippen LogP contribution in [-0.4, -0.2) is 53.2 Å². The van der Waals surface area contributed by atoms with E-state index in [0.29, 0.717) is 53.7 Å². The number of fused-ring (bicyclic) bond motifs is 1. The van der Waals surface area contributed by atoms with Crippen LogP contribution in [0.25, 0.3) is 10.9 Å². The lowest BCUT2D eigenvalue weighted by Gasteiger charge is -2.30. The van der Waals surface area contributed by atoms with Crippen molar-refractivity contribution in [3.8, 4) is 18.1 Å². The molecule has 0 atom stereocenters. The minimum absolute atomic E-state index is 0.0142. The van der Waals surface area contributed by atoms with Gasteiger partial charge >= 0.3 is 5.92 Å². The molecule has 0 saturated carbocycles. The van der Waals surface area contributed by atoms with Crippen molar-refractivity contribution in [1.29, 1.82) is 0 Å². The van der Waals surface area contributed by atoms with Crippen molar-refractivity contribution in [2.75, 3.05) is 31.7 Å². The van der Waals surface area contributed by atoms with Gasteiger partial charge in [0.05, 0.1) is 36.5 Å². The average molecular weight is 516 g/mol. The number of aromatic nitrogens is 2. The number of alkyl halides is 2. The summed E-state index contributed by atoms with van der Waals surface area (Å²) in [5, 5.41) is 13.5.